The maximum Gasteiger partial charge on any atom is 0.433 e. The Morgan fingerprint density at radius 3 is 2.56 bits per heavy atom. The Kier molecular flexibility index (Phi) is 2.71. The molecule has 2 heterocycles. The number of nitrogens with one attached hydrogen (secondary N) is 1. The van der Waals surface area contributed by atoms with E-state index in [0.717, 1.165) is 0 Å². The van der Waals surface area contributed by atoms with Crippen molar-refractivity contribution in [2.75, 3.05) is 0 Å². The normalized spacial score (nSPS) is 11.8. The van der Waals surface area contributed by atoms with E-state index in [1.807, 2.05) is 5.10 Å². The van der Waals surface area contributed by atoms with Gasteiger partial charge in [0.05, 0.1) is 4.47 Å². The maximum atomic E-state index is 12.5. The van der Waals surface area contributed by atoms with Crippen molar-refractivity contribution in [3.63, 3.8) is 0 Å². The number of hydrogen-bond acceptors (Lipinski definition) is 2. The van der Waals surface area contributed by atoms with E-state index in [0.29, 0.717) is 5.56 Å². The van der Waals surface area contributed by atoms with Gasteiger partial charge in [-0.3, -0.25) is 10.1 Å². The number of aromatic nitrogens is 3. The minimum Gasteiger partial charge on any atom is -0.272 e. The zero-order valence-electron chi connectivity index (χ0n) is 7.72. The molecule has 1 N–H and O–H groups in total. The minimum absolute atomic E-state index is 0.104. The van der Waals surface area contributed by atoms with Crippen LogP contribution < -0.4 is 0 Å². The van der Waals surface area contributed by atoms with Gasteiger partial charge in [0.2, 0.25) is 0 Å². The monoisotopic (exact) mass is 291 g/mol. The first-order valence-corrected chi connectivity index (χ1v) is 5.01. The standard InChI is InChI=1S/C9H5BrF3N3/c10-6-7(5-2-1-3-14-4-5)15-16-8(6)9(11,12)13/h1-4H,(H,15,16). The highest BCUT2D eigenvalue weighted by atomic mass is 79.9. The largest absolute Gasteiger partial charge is 0.433 e. The summed E-state index contributed by atoms with van der Waals surface area (Å²) in [6.45, 7) is 0. The lowest BCUT2D eigenvalue weighted by Crippen LogP contribution is -2.06. The summed E-state index contributed by atoms with van der Waals surface area (Å²) in [4.78, 5) is 3.82. The average Bonchev–Trinajstić information content (AvgIpc) is 2.61. The van der Waals surface area contributed by atoms with Crippen LogP contribution in [0.1, 0.15) is 5.69 Å². The van der Waals surface area contributed by atoms with Gasteiger partial charge in [-0.1, -0.05) is 0 Å². The van der Waals surface area contributed by atoms with Crippen LogP contribution >= 0.6 is 15.9 Å². The second-order valence-corrected chi connectivity index (χ2v) is 3.79. The van der Waals surface area contributed by atoms with Crippen molar-refractivity contribution in [3.05, 3.63) is 34.7 Å². The molecule has 0 atom stereocenters. The number of hydrogen-bond donors (Lipinski definition) is 1. The molecule has 0 amide bonds. The Balaban J connectivity index is 2.50. The van der Waals surface area contributed by atoms with E-state index in [4.69, 9.17) is 0 Å². The van der Waals surface area contributed by atoms with Gasteiger partial charge in [0.1, 0.15) is 5.69 Å². The zero-order valence-corrected chi connectivity index (χ0v) is 9.30. The smallest absolute Gasteiger partial charge is 0.272 e. The number of H-pyrrole nitrogens is 1. The summed E-state index contributed by atoms with van der Waals surface area (Å²) >= 11 is 2.88. The summed E-state index contributed by atoms with van der Waals surface area (Å²) in [5.74, 6) is 0. The molecule has 2 aromatic heterocycles. The fourth-order valence-electron chi connectivity index (χ4n) is 1.21. The van der Waals surface area contributed by atoms with Gasteiger partial charge >= 0.3 is 6.18 Å². The summed E-state index contributed by atoms with van der Waals surface area (Å²) in [7, 11) is 0. The van der Waals surface area contributed by atoms with Crippen LogP contribution in [-0.2, 0) is 6.18 Å². The molecular weight excluding hydrogens is 287 g/mol. The highest BCUT2D eigenvalue weighted by molar-refractivity contribution is 9.10. The van der Waals surface area contributed by atoms with Crippen LogP contribution in [0.3, 0.4) is 0 Å². The summed E-state index contributed by atoms with van der Waals surface area (Å²) in [5, 5.41) is 5.58. The third-order valence-electron chi connectivity index (χ3n) is 1.93. The topological polar surface area (TPSA) is 41.6 Å². The van der Waals surface area contributed by atoms with Gasteiger partial charge in [0.25, 0.3) is 0 Å². The summed E-state index contributed by atoms with van der Waals surface area (Å²) < 4.78 is 37.3. The minimum atomic E-state index is -4.45. The third-order valence-corrected chi connectivity index (χ3v) is 2.70. The molecule has 0 unspecified atom stereocenters. The van der Waals surface area contributed by atoms with Crippen LogP contribution in [0.5, 0.6) is 0 Å². The number of aromatic amines is 1. The number of rotatable bonds is 1. The molecule has 0 aromatic carbocycles. The molecular formula is C9H5BrF3N3. The van der Waals surface area contributed by atoms with Gasteiger partial charge in [-0.2, -0.15) is 18.3 Å². The number of alkyl halides is 3. The van der Waals surface area contributed by atoms with E-state index in [2.05, 4.69) is 26.0 Å². The molecule has 0 fully saturated rings. The van der Waals surface area contributed by atoms with Crippen molar-refractivity contribution in [2.45, 2.75) is 6.18 Å². The Labute approximate surface area is 96.8 Å². The molecule has 7 heteroatoms. The van der Waals surface area contributed by atoms with Crippen LogP contribution in [0.4, 0.5) is 13.2 Å². The second kappa shape index (κ2) is 3.89. The molecule has 0 aliphatic carbocycles. The van der Waals surface area contributed by atoms with E-state index in [1.54, 1.807) is 12.1 Å². The van der Waals surface area contributed by atoms with Crippen LogP contribution in [0.15, 0.2) is 29.0 Å². The molecule has 0 radical (unpaired) electrons. The SMILES string of the molecule is FC(F)(F)c1[nH]nc(-c2cccnc2)c1Br. The summed E-state index contributed by atoms with van der Waals surface area (Å²) in [6, 6.07) is 3.26. The average molecular weight is 292 g/mol. The fraction of sp³-hybridized carbons (Fsp3) is 0.111. The number of pyridine rings is 1. The molecule has 84 valence electrons. The Morgan fingerprint density at radius 2 is 2.06 bits per heavy atom. The van der Waals surface area contributed by atoms with Crippen molar-refractivity contribution in [1.82, 2.24) is 15.2 Å². The van der Waals surface area contributed by atoms with E-state index < -0.39 is 11.9 Å². The molecule has 0 aliphatic rings. The number of nitrogens with zero attached hydrogens (tertiary/aromatic N) is 2. The van der Waals surface area contributed by atoms with Gasteiger partial charge in [0, 0.05) is 18.0 Å². The summed E-state index contributed by atoms with van der Waals surface area (Å²) in [5.41, 5.74) is -0.187. The van der Waals surface area contributed by atoms with Gasteiger partial charge < -0.3 is 0 Å². The maximum absolute atomic E-state index is 12.5. The van der Waals surface area contributed by atoms with Crippen LogP contribution in [0.25, 0.3) is 11.3 Å². The van der Waals surface area contributed by atoms with Crippen molar-refractivity contribution in [2.24, 2.45) is 0 Å². The van der Waals surface area contributed by atoms with E-state index in [1.165, 1.54) is 12.4 Å². The highest BCUT2D eigenvalue weighted by Gasteiger charge is 2.36. The molecule has 2 rings (SSSR count). The van der Waals surface area contributed by atoms with Crippen molar-refractivity contribution >= 4 is 15.9 Å². The van der Waals surface area contributed by atoms with Crippen molar-refractivity contribution in [3.8, 4) is 11.3 Å². The Bertz CT molecular complexity index is 492. The molecule has 3 nitrogen and oxygen atoms in total. The predicted octanol–water partition coefficient (Wildman–Crippen LogP) is 3.25. The van der Waals surface area contributed by atoms with Crippen LogP contribution in [0.2, 0.25) is 0 Å². The molecule has 0 aliphatic heterocycles. The molecule has 0 bridgehead atoms. The van der Waals surface area contributed by atoms with Gasteiger partial charge in [-0.15, -0.1) is 0 Å². The quantitative estimate of drug-likeness (QED) is 0.876. The van der Waals surface area contributed by atoms with E-state index >= 15 is 0 Å². The molecule has 0 spiro atoms. The van der Waals surface area contributed by atoms with Gasteiger partial charge in [-0.25, -0.2) is 0 Å². The first-order chi connectivity index (χ1) is 7.50. The lowest BCUT2D eigenvalue weighted by molar-refractivity contribution is -0.141. The first-order valence-electron chi connectivity index (χ1n) is 4.21. The van der Waals surface area contributed by atoms with E-state index in [-0.39, 0.29) is 10.2 Å². The third kappa shape index (κ3) is 1.95. The highest BCUT2D eigenvalue weighted by Crippen LogP contribution is 2.37. The lowest BCUT2D eigenvalue weighted by Gasteiger charge is -2.03. The zero-order chi connectivity index (χ0) is 11.8. The van der Waals surface area contributed by atoms with Crippen molar-refractivity contribution in [1.29, 1.82) is 0 Å². The Hall–Kier alpha value is -1.37. The molecule has 2 aromatic rings. The Morgan fingerprint density at radius 1 is 1.31 bits per heavy atom. The van der Waals surface area contributed by atoms with Crippen LogP contribution in [-0.4, -0.2) is 15.2 Å². The number of halogens is 4. The van der Waals surface area contributed by atoms with Gasteiger partial charge in [0.15, 0.2) is 5.69 Å². The van der Waals surface area contributed by atoms with Crippen LogP contribution in [0, 0.1) is 0 Å². The van der Waals surface area contributed by atoms with E-state index in [9.17, 15) is 13.2 Å². The molecule has 0 saturated carbocycles. The second-order valence-electron chi connectivity index (χ2n) is 3.00. The molecule has 16 heavy (non-hydrogen) atoms. The molecule has 0 saturated heterocycles. The summed E-state index contributed by atoms with van der Waals surface area (Å²) in [6.07, 6.45) is -1.47. The van der Waals surface area contributed by atoms with Crippen molar-refractivity contribution < 1.29 is 13.2 Å². The first kappa shape index (κ1) is 11.1. The lowest BCUT2D eigenvalue weighted by atomic mass is 10.2. The fourth-order valence-corrected chi connectivity index (χ4v) is 1.84. The van der Waals surface area contributed by atoms with Gasteiger partial charge in [-0.05, 0) is 28.1 Å². The predicted molar refractivity (Wildman–Crippen MR) is 54.5 cm³/mol.